The summed E-state index contributed by atoms with van der Waals surface area (Å²) in [5.41, 5.74) is 0.697. The molecule has 24 heavy (non-hydrogen) atoms. The third kappa shape index (κ3) is 5.27. The number of benzene rings is 2. The average molecular weight is 348 g/mol. The molecular formula is C17H17FN2O3S. The lowest BCUT2D eigenvalue weighted by molar-refractivity contribution is -0.114. The van der Waals surface area contributed by atoms with Crippen molar-refractivity contribution in [2.75, 3.05) is 29.2 Å². The Morgan fingerprint density at radius 2 is 1.50 bits per heavy atom. The molecule has 0 saturated heterocycles. The van der Waals surface area contributed by atoms with E-state index in [1.54, 1.807) is 36.4 Å². The molecule has 0 aliphatic carbocycles. The molecular weight excluding hydrogens is 331 g/mol. The Labute approximate surface area is 143 Å². The molecule has 0 saturated carbocycles. The van der Waals surface area contributed by atoms with E-state index in [2.05, 4.69) is 10.6 Å². The first-order valence-corrected chi connectivity index (χ1v) is 8.30. The Balaban J connectivity index is 1.76. The van der Waals surface area contributed by atoms with Crippen molar-refractivity contribution in [1.29, 1.82) is 0 Å². The summed E-state index contributed by atoms with van der Waals surface area (Å²) in [7, 11) is 1.52. The standard InChI is InChI=1S/C17H17FN2O3S/c1-23-15-9-5-4-8-14(15)20-17(22)11-24-10-16(21)19-13-7-3-2-6-12(13)18/h2-9H,10-11H2,1H3,(H,19,21)(H,20,22). The van der Waals surface area contributed by atoms with Crippen molar-refractivity contribution in [3.05, 3.63) is 54.3 Å². The van der Waals surface area contributed by atoms with E-state index in [1.165, 1.54) is 19.2 Å². The van der Waals surface area contributed by atoms with Crippen LogP contribution in [0.25, 0.3) is 0 Å². The van der Waals surface area contributed by atoms with E-state index in [4.69, 9.17) is 4.74 Å². The van der Waals surface area contributed by atoms with Gasteiger partial charge in [-0.2, -0.15) is 0 Å². The van der Waals surface area contributed by atoms with Crippen molar-refractivity contribution in [3.8, 4) is 5.75 Å². The molecule has 0 unspecified atom stereocenters. The summed E-state index contributed by atoms with van der Waals surface area (Å²) < 4.78 is 18.6. The highest BCUT2D eigenvalue weighted by Crippen LogP contribution is 2.23. The van der Waals surface area contributed by atoms with Crippen LogP contribution in [0.15, 0.2) is 48.5 Å². The third-order valence-corrected chi connectivity index (χ3v) is 3.93. The van der Waals surface area contributed by atoms with Crippen LogP contribution in [-0.2, 0) is 9.59 Å². The molecule has 0 radical (unpaired) electrons. The zero-order valence-electron chi connectivity index (χ0n) is 13.0. The summed E-state index contributed by atoms with van der Waals surface area (Å²) in [5, 5.41) is 5.18. The number of ether oxygens (including phenoxy) is 1. The fraction of sp³-hybridized carbons (Fsp3) is 0.176. The Bertz CT molecular complexity index is 724. The minimum atomic E-state index is -0.496. The van der Waals surface area contributed by atoms with E-state index in [0.29, 0.717) is 11.4 Å². The number of thioether (sulfide) groups is 1. The number of rotatable bonds is 7. The molecule has 0 aromatic heterocycles. The molecule has 0 spiro atoms. The molecule has 0 fully saturated rings. The summed E-state index contributed by atoms with van der Waals surface area (Å²) in [6, 6.07) is 13.0. The van der Waals surface area contributed by atoms with E-state index in [-0.39, 0.29) is 29.0 Å². The van der Waals surface area contributed by atoms with Crippen molar-refractivity contribution in [3.63, 3.8) is 0 Å². The fourth-order valence-electron chi connectivity index (χ4n) is 1.92. The molecule has 7 heteroatoms. The lowest BCUT2D eigenvalue weighted by Crippen LogP contribution is -2.19. The minimum absolute atomic E-state index is 0.0493. The molecule has 2 aromatic carbocycles. The molecule has 0 bridgehead atoms. The van der Waals surface area contributed by atoms with E-state index in [0.717, 1.165) is 11.8 Å². The van der Waals surface area contributed by atoms with Crippen LogP contribution in [0.4, 0.5) is 15.8 Å². The second-order valence-corrected chi connectivity index (χ2v) is 5.75. The highest BCUT2D eigenvalue weighted by atomic mass is 32.2. The van der Waals surface area contributed by atoms with Crippen LogP contribution in [0.1, 0.15) is 0 Å². The van der Waals surface area contributed by atoms with Crippen molar-refractivity contribution in [1.82, 2.24) is 0 Å². The Morgan fingerprint density at radius 1 is 0.958 bits per heavy atom. The third-order valence-electron chi connectivity index (χ3n) is 3.00. The minimum Gasteiger partial charge on any atom is -0.495 e. The predicted octanol–water partition coefficient (Wildman–Crippen LogP) is 3.14. The van der Waals surface area contributed by atoms with Crippen LogP contribution in [0.5, 0.6) is 5.75 Å². The maximum Gasteiger partial charge on any atom is 0.234 e. The number of methoxy groups -OCH3 is 1. The van der Waals surface area contributed by atoms with Gasteiger partial charge in [0.15, 0.2) is 0 Å². The van der Waals surface area contributed by atoms with Gasteiger partial charge in [0.1, 0.15) is 11.6 Å². The molecule has 0 aliphatic heterocycles. The summed E-state index contributed by atoms with van der Waals surface area (Å²) in [6.45, 7) is 0. The number of halogens is 1. The van der Waals surface area contributed by atoms with Crippen LogP contribution in [-0.4, -0.2) is 30.4 Å². The van der Waals surface area contributed by atoms with Gasteiger partial charge in [0.25, 0.3) is 0 Å². The smallest absolute Gasteiger partial charge is 0.234 e. The van der Waals surface area contributed by atoms with Crippen LogP contribution in [0.2, 0.25) is 0 Å². The maximum absolute atomic E-state index is 13.4. The summed E-state index contributed by atoms with van der Waals surface area (Å²) in [6.07, 6.45) is 0. The van der Waals surface area contributed by atoms with Crippen molar-refractivity contribution in [2.24, 2.45) is 0 Å². The Hall–Kier alpha value is -2.54. The zero-order chi connectivity index (χ0) is 17.4. The first-order chi connectivity index (χ1) is 11.6. The number of carbonyl (C=O) groups is 2. The van der Waals surface area contributed by atoms with Gasteiger partial charge in [-0.05, 0) is 24.3 Å². The molecule has 5 nitrogen and oxygen atoms in total. The predicted molar refractivity (Wildman–Crippen MR) is 94.0 cm³/mol. The number of anilines is 2. The Kier molecular flexibility index (Phi) is 6.62. The first-order valence-electron chi connectivity index (χ1n) is 7.15. The molecule has 2 rings (SSSR count). The largest absolute Gasteiger partial charge is 0.495 e. The molecule has 126 valence electrons. The monoisotopic (exact) mass is 348 g/mol. The number of hydrogen-bond acceptors (Lipinski definition) is 4. The molecule has 0 aliphatic rings. The molecule has 2 N–H and O–H groups in total. The van der Waals surface area contributed by atoms with E-state index < -0.39 is 5.82 Å². The molecule has 2 aromatic rings. The highest BCUT2D eigenvalue weighted by molar-refractivity contribution is 8.00. The second kappa shape index (κ2) is 8.93. The summed E-state index contributed by atoms with van der Waals surface area (Å²) in [5.74, 6) is -0.396. The van der Waals surface area contributed by atoms with Gasteiger partial charge < -0.3 is 15.4 Å². The van der Waals surface area contributed by atoms with Crippen LogP contribution >= 0.6 is 11.8 Å². The number of amides is 2. The van der Waals surface area contributed by atoms with Gasteiger partial charge in [-0.15, -0.1) is 11.8 Å². The average Bonchev–Trinajstić information content (AvgIpc) is 2.57. The van der Waals surface area contributed by atoms with Crippen molar-refractivity contribution >= 4 is 35.0 Å². The molecule has 0 atom stereocenters. The highest BCUT2D eigenvalue weighted by Gasteiger charge is 2.10. The quantitative estimate of drug-likeness (QED) is 0.807. The van der Waals surface area contributed by atoms with Gasteiger partial charge in [-0.3, -0.25) is 9.59 Å². The normalized spacial score (nSPS) is 10.1. The number of para-hydroxylation sites is 3. The fourth-order valence-corrected chi connectivity index (χ4v) is 2.54. The van der Waals surface area contributed by atoms with Gasteiger partial charge in [-0.1, -0.05) is 24.3 Å². The Morgan fingerprint density at radius 3 is 2.12 bits per heavy atom. The topological polar surface area (TPSA) is 67.4 Å². The van der Waals surface area contributed by atoms with Crippen LogP contribution < -0.4 is 15.4 Å². The van der Waals surface area contributed by atoms with Gasteiger partial charge in [0, 0.05) is 0 Å². The lowest BCUT2D eigenvalue weighted by atomic mass is 10.3. The lowest BCUT2D eigenvalue weighted by Gasteiger charge is -2.09. The SMILES string of the molecule is COc1ccccc1NC(=O)CSCC(=O)Nc1ccccc1F. The second-order valence-electron chi connectivity index (χ2n) is 4.77. The van der Waals surface area contributed by atoms with E-state index in [9.17, 15) is 14.0 Å². The van der Waals surface area contributed by atoms with Crippen molar-refractivity contribution < 1.29 is 18.7 Å². The van der Waals surface area contributed by atoms with E-state index >= 15 is 0 Å². The van der Waals surface area contributed by atoms with Crippen molar-refractivity contribution in [2.45, 2.75) is 0 Å². The number of carbonyl (C=O) groups excluding carboxylic acids is 2. The number of nitrogens with one attached hydrogen (secondary N) is 2. The summed E-state index contributed by atoms with van der Waals surface area (Å²) >= 11 is 1.14. The van der Waals surface area contributed by atoms with Gasteiger partial charge in [-0.25, -0.2) is 4.39 Å². The van der Waals surface area contributed by atoms with Gasteiger partial charge in [0.2, 0.25) is 11.8 Å². The van der Waals surface area contributed by atoms with E-state index in [1.807, 2.05) is 0 Å². The molecule has 0 heterocycles. The maximum atomic E-state index is 13.4. The molecule has 2 amide bonds. The zero-order valence-corrected chi connectivity index (χ0v) is 13.9. The van der Waals surface area contributed by atoms with Gasteiger partial charge in [0.05, 0.1) is 30.0 Å². The first kappa shape index (κ1) is 17.8. The van der Waals surface area contributed by atoms with Crippen LogP contribution in [0.3, 0.4) is 0 Å². The van der Waals surface area contributed by atoms with Crippen LogP contribution in [0, 0.1) is 5.82 Å². The van der Waals surface area contributed by atoms with Gasteiger partial charge >= 0.3 is 0 Å². The number of hydrogen-bond donors (Lipinski definition) is 2. The summed E-state index contributed by atoms with van der Waals surface area (Å²) in [4.78, 5) is 23.6.